The summed E-state index contributed by atoms with van der Waals surface area (Å²) < 4.78 is 6.06. The molecular formula is C16H22N4O4S. The number of methoxy groups -OCH3 is 1. The molecule has 0 bridgehead atoms. The molecule has 0 aliphatic heterocycles. The van der Waals surface area contributed by atoms with Crippen molar-refractivity contribution >= 4 is 22.9 Å². The van der Waals surface area contributed by atoms with E-state index >= 15 is 0 Å². The number of aryl methyl sites for hydroxylation is 1. The van der Waals surface area contributed by atoms with Crippen molar-refractivity contribution < 1.29 is 9.53 Å². The largest absolute Gasteiger partial charge is 0.384 e. The summed E-state index contributed by atoms with van der Waals surface area (Å²) in [7, 11) is 3.28. The maximum absolute atomic E-state index is 12.6. The lowest BCUT2D eigenvalue weighted by molar-refractivity contribution is 0.0941. The smallest absolute Gasteiger partial charge is 0.330 e. The lowest BCUT2D eigenvalue weighted by Gasteiger charge is -2.17. The number of carbonyl (C=O) groups excluding carboxylic acids is 1. The van der Waals surface area contributed by atoms with Gasteiger partial charge in [-0.15, -0.1) is 11.3 Å². The summed E-state index contributed by atoms with van der Waals surface area (Å²) in [4.78, 5) is 41.6. The third-order valence-electron chi connectivity index (χ3n) is 3.83. The summed E-state index contributed by atoms with van der Waals surface area (Å²) in [6.07, 6.45) is 0. The number of carbonyl (C=O) groups is 1. The molecule has 0 spiro atoms. The molecule has 0 aromatic carbocycles. The molecule has 0 saturated carbocycles. The first kappa shape index (κ1) is 19.1. The minimum Gasteiger partial charge on any atom is -0.384 e. The van der Waals surface area contributed by atoms with Gasteiger partial charge >= 0.3 is 5.69 Å². The Bertz CT molecular complexity index is 868. The summed E-state index contributed by atoms with van der Waals surface area (Å²) in [6.45, 7) is 3.02. The summed E-state index contributed by atoms with van der Waals surface area (Å²) >= 11 is 1.62. The average Bonchev–Trinajstić information content (AvgIpc) is 2.91. The number of nitrogens with two attached hydrogens (primary N) is 1. The fourth-order valence-corrected chi connectivity index (χ4v) is 3.44. The van der Waals surface area contributed by atoms with E-state index in [4.69, 9.17) is 10.5 Å². The Morgan fingerprint density at radius 2 is 2.16 bits per heavy atom. The average molecular weight is 366 g/mol. The first-order chi connectivity index (χ1) is 11.8. The Kier molecular flexibility index (Phi) is 6.29. The zero-order valence-corrected chi connectivity index (χ0v) is 15.3. The van der Waals surface area contributed by atoms with Gasteiger partial charge in [0, 0.05) is 18.5 Å². The quantitative estimate of drug-likeness (QED) is 0.656. The lowest BCUT2D eigenvalue weighted by atomic mass is 10.1. The van der Waals surface area contributed by atoms with Gasteiger partial charge in [-0.3, -0.25) is 24.0 Å². The second-order valence-corrected chi connectivity index (χ2v) is 6.79. The van der Waals surface area contributed by atoms with E-state index in [1.165, 1.54) is 7.11 Å². The number of nitrogens with one attached hydrogen (secondary N) is 1. The number of nitrogen functional groups attached to an aromatic ring is 1. The van der Waals surface area contributed by atoms with E-state index in [0.29, 0.717) is 6.54 Å². The topological polar surface area (TPSA) is 110 Å². The molecule has 136 valence electrons. The van der Waals surface area contributed by atoms with Crippen LogP contribution in [0.2, 0.25) is 0 Å². The van der Waals surface area contributed by atoms with Crippen molar-refractivity contribution in [2.24, 2.45) is 0 Å². The van der Waals surface area contributed by atoms with E-state index in [1.807, 2.05) is 23.3 Å². The van der Waals surface area contributed by atoms with Crippen LogP contribution in [0.15, 0.2) is 21.0 Å². The van der Waals surface area contributed by atoms with Crippen LogP contribution in [0.4, 0.5) is 5.82 Å². The monoisotopic (exact) mass is 366 g/mol. The van der Waals surface area contributed by atoms with Crippen LogP contribution in [-0.4, -0.2) is 47.5 Å². The number of thiophene rings is 1. The van der Waals surface area contributed by atoms with Gasteiger partial charge in [0.05, 0.1) is 19.7 Å². The number of hydrogen-bond acceptors (Lipinski definition) is 7. The van der Waals surface area contributed by atoms with Crippen molar-refractivity contribution in [1.29, 1.82) is 0 Å². The molecule has 2 rings (SSSR count). The normalized spacial score (nSPS) is 11.2. The number of ether oxygens (including phenoxy) is 1. The van der Waals surface area contributed by atoms with Gasteiger partial charge in [0.25, 0.3) is 5.56 Å². The molecule has 0 fully saturated rings. The van der Waals surface area contributed by atoms with Crippen molar-refractivity contribution in [3.05, 3.63) is 48.3 Å². The molecule has 0 atom stereocenters. The van der Waals surface area contributed by atoms with E-state index in [-0.39, 0.29) is 31.1 Å². The van der Waals surface area contributed by atoms with Crippen LogP contribution in [0.25, 0.3) is 0 Å². The zero-order chi connectivity index (χ0) is 18.6. The predicted octanol–water partition coefficient (Wildman–Crippen LogP) is 0.450. The molecular weight excluding hydrogens is 344 g/mol. The van der Waals surface area contributed by atoms with Crippen molar-refractivity contribution in [2.75, 3.05) is 33.0 Å². The van der Waals surface area contributed by atoms with Crippen molar-refractivity contribution in [3.8, 4) is 0 Å². The van der Waals surface area contributed by atoms with Crippen molar-refractivity contribution in [3.63, 3.8) is 0 Å². The number of anilines is 1. The van der Waals surface area contributed by atoms with Crippen LogP contribution in [0.5, 0.6) is 0 Å². The molecule has 2 aromatic rings. The van der Waals surface area contributed by atoms with Crippen LogP contribution >= 0.6 is 11.3 Å². The second kappa shape index (κ2) is 8.24. The highest BCUT2D eigenvalue weighted by atomic mass is 32.1. The predicted molar refractivity (Wildman–Crippen MR) is 97.3 cm³/mol. The van der Waals surface area contributed by atoms with E-state index in [2.05, 4.69) is 4.98 Å². The molecule has 25 heavy (non-hydrogen) atoms. The number of rotatable bonds is 8. The highest BCUT2D eigenvalue weighted by molar-refractivity contribution is 7.10. The van der Waals surface area contributed by atoms with Crippen molar-refractivity contribution in [1.82, 2.24) is 14.5 Å². The lowest BCUT2D eigenvalue weighted by Crippen LogP contribution is -2.39. The number of aromatic amines is 1. The number of hydrogen-bond donors (Lipinski definition) is 2. The molecule has 0 aliphatic rings. The summed E-state index contributed by atoms with van der Waals surface area (Å²) in [5.41, 5.74) is 5.47. The van der Waals surface area contributed by atoms with Crippen LogP contribution in [0.1, 0.15) is 20.8 Å². The van der Waals surface area contributed by atoms with Gasteiger partial charge in [0.1, 0.15) is 11.4 Å². The molecule has 2 heterocycles. The first-order valence-corrected chi connectivity index (χ1v) is 8.59. The van der Waals surface area contributed by atoms with Crippen LogP contribution in [0.3, 0.4) is 0 Å². The third-order valence-corrected chi connectivity index (χ3v) is 4.84. The molecule has 0 amide bonds. The van der Waals surface area contributed by atoms with Crippen LogP contribution in [-0.2, 0) is 17.8 Å². The van der Waals surface area contributed by atoms with E-state index in [0.717, 1.165) is 15.0 Å². The van der Waals surface area contributed by atoms with E-state index in [9.17, 15) is 14.4 Å². The van der Waals surface area contributed by atoms with Crippen LogP contribution < -0.4 is 17.0 Å². The standard InChI is InChI=1S/C16H22N4O4S/c1-10-4-7-25-12(10)9-19(2)8-11(21)13-14(17)20(5-6-24-3)16(23)18-15(13)22/h4,7H,5-6,8-9,17H2,1-3H3,(H,18,22,23). The molecule has 2 aromatic heterocycles. The number of likely N-dealkylation sites (N-methyl/N-ethyl adjacent to an activating group) is 1. The zero-order valence-electron chi connectivity index (χ0n) is 14.5. The molecule has 0 unspecified atom stereocenters. The third kappa shape index (κ3) is 4.44. The summed E-state index contributed by atoms with van der Waals surface area (Å²) in [5, 5.41) is 1.99. The summed E-state index contributed by atoms with van der Waals surface area (Å²) in [6, 6.07) is 2.02. The number of nitrogens with zero attached hydrogens (tertiary/aromatic N) is 2. The first-order valence-electron chi connectivity index (χ1n) is 7.71. The molecule has 0 aliphatic carbocycles. The number of ketones is 1. The van der Waals surface area contributed by atoms with E-state index < -0.39 is 17.0 Å². The SMILES string of the molecule is COCCn1c(N)c(C(=O)CN(C)Cc2sccc2C)c(=O)[nH]c1=O. The summed E-state index contributed by atoms with van der Waals surface area (Å²) in [5.74, 6) is -0.557. The Hall–Kier alpha value is -2.23. The fourth-order valence-electron chi connectivity index (χ4n) is 2.45. The van der Waals surface area contributed by atoms with Gasteiger partial charge < -0.3 is 10.5 Å². The molecule has 0 saturated heterocycles. The Morgan fingerprint density at radius 3 is 2.76 bits per heavy atom. The fraction of sp³-hybridized carbons (Fsp3) is 0.438. The number of H-pyrrole nitrogens is 1. The minimum absolute atomic E-state index is 0.0209. The number of aromatic nitrogens is 2. The van der Waals surface area contributed by atoms with Gasteiger partial charge in [0.15, 0.2) is 5.78 Å². The molecule has 9 heteroatoms. The maximum Gasteiger partial charge on any atom is 0.330 e. The minimum atomic E-state index is -0.762. The van der Waals surface area contributed by atoms with Crippen LogP contribution in [0, 0.1) is 6.92 Å². The Labute approximate surface area is 148 Å². The Balaban J connectivity index is 2.22. The maximum atomic E-state index is 12.6. The second-order valence-electron chi connectivity index (χ2n) is 5.79. The van der Waals surface area contributed by atoms with E-state index in [1.54, 1.807) is 18.4 Å². The molecule has 0 radical (unpaired) electrons. The van der Waals surface area contributed by atoms with Gasteiger partial charge in [-0.2, -0.15) is 0 Å². The van der Waals surface area contributed by atoms with Gasteiger partial charge in [-0.05, 0) is 31.0 Å². The number of Topliss-reactive ketones (excluding diaryl/α,β-unsaturated/α-hetero) is 1. The highest BCUT2D eigenvalue weighted by Gasteiger charge is 2.20. The van der Waals surface area contributed by atoms with Gasteiger partial charge in [0.2, 0.25) is 0 Å². The molecule has 8 nitrogen and oxygen atoms in total. The van der Waals surface area contributed by atoms with Crippen molar-refractivity contribution in [2.45, 2.75) is 20.0 Å². The highest BCUT2D eigenvalue weighted by Crippen LogP contribution is 2.17. The van der Waals surface area contributed by atoms with Gasteiger partial charge in [-0.1, -0.05) is 0 Å². The molecule has 3 N–H and O–H groups in total. The van der Waals surface area contributed by atoms with Gasteiger partial charge in [-0.25, -0.2) is 4.79 Å². The Morgan fingerprint density at radius 1 is 1.44 bits per heavy atom.